The molecule has 4 aromatic rings. The molecule has 0 aliphatic rings. The zero-order chi connectivity index (χ0) is 18.6. The molecule has 6 heteroatoms. The summed E-state index contributed by atoms with van der Waals surface area (Å²) in [7, 11) is 1.63. The number of halogens is 1. The van der Waals surface area contributed by atoms with Crippen molar-refractivity contribution in [3.8, 4) is 0 Å². The lowest BCUT2D eigenvalue weighted by molar-refractivity contribution is 0.0944. The van der Waals surface area contributed by atoms with Crippen molar-refractivity contribution in [3.05, 3.63) is 64.6 Å². The molecule has 0 bridgehead atoms. The number of aromatic nitrogens is 3. The summed E-state index contributed by atoms with van der Waals surface area (Å²) in [6.45, 7) is 8.04. The summed E-state index contributed by atoms with van der Waals surface area (Å²) < 4.78 is 2.13. The maximum atomic E-state index is 11.6. The van der Waals surface area contributed by atoms with Crippen LogP contribution in [-0.2, 0) is 5.60 Å². The van der Waals surface area contributed by atoms with Crippen LogP contribution in [0.15, 0.2) is 36.5 Å². The zero-order valence-electron chi connectivity index (χ0n) is 15.1. The molecule has 0 saturated heterocycles. The van der Waals surface area contributed by atoms with Crippen LogP contribution in [0.1, 0.15) is 35.0 Å². The highest BCUT2D eigenvalue weighted by Crippen LogP contribution is 2.39. The smallest absolute Gasteiger partial charge is 0.145 e. The van der Waals surface area contributed by atoms with E-state index in [-0.39, 0.29) is 0 Å². The first-order valence-corrected chi connectivity index (χ1v) is 11.7. The van der Waals surface area contributed by atoms with Crippen molar-refractivity contribution in [3.63, 3.8) is 0 Å². The molecule has 0 amide bonds. The summed E-state index contributed by atoms with van der Waals surface area (Å²) in [6, 6.07) is 10.3. The van der Waals surface area contributed by atoms with Crippen molar-refractivity contribution in [2.24, 2.45) is 0 Å². The predicted molar refractivity (Wildman–Crippen MR) is 118 cm³/mol. The maximum absolute atomic E-state index is 11.6. The second kappa shape index (κ2) is 6.28. The molecule has 0 radical (unpaired) electrons. The molecule has 4 nitrogen and oxygen atoms in total. The minimum atomic E-state index is -1.22. The number of aromatic amines is 1. The molecular weight excluding hydrogens is 457 g/mol. The van der Waals surface area contributed by atoms with E-state index in [4.69, 9.17) is 0 Å². The van der Waals surface area contributed by atoms with E-state index in [1.54, 1.807) is 9.12 Å². The van der Waals surface area contributed by atoms with E-state index < -0.39 is 5.60 Å². The molecule has 0 spiro atoms. The number of aliphatic hydroxyl groups is 1. The highest BCUT2D eigenvalue weighted by atomic mass is 127. The molecule has 0 saturated carbocycles. The van der Waals surface area contributed by atoms with Gasteiger partial charge in [-0.2, -0.15) is 0 Å². The molecule has 2 heterocycles. The van der Waals surface area contributed by atoms with E-state index in [0.717, 1.165) is 38.6 Å². The number of hydrogen-bond donors (Lipinski definition) is 2. The summed E-state index contributed by atoms with van der Waals surface area (Å²) in [4.78, 5) is 8.01. The van der Waals surface area contributed by atoms with E-state index in [9.17, 15) is 5.11 Å². The third-order valence-electron chi connectivity index (χ3n) is 4.98. The van der Waals surface area contributed by atoms with Crippen LogP contribution in [0, 0.1) is 20.8 Å². The number of benzene rings is 2. The minimum absolute atomic E-state index is 0.571. The molecule has 2 N–H and O–H groups in total. The van der Waals surface area contributed by atoms with Crippen LogP contribution in [0.5, 0.6) is 0 Å². The van der Waals surface area contributed by atoms with Crippen LogP contribution >= 0.6 is 30.3 Å². The Labute approximate surface area is 168 Å². The maximum Gasteiger partial charge on any atom is 0.145 e. The Kier molecular flexibility index (Phi) is 4.32. The highest BCUT2D eigenvalue weighted by Gasteiger charge is 2.33. The minimum Gasteiger partial charge on any atom is -0.377 e. The number of rotatable bonds is 3. The SMILES string of the molecule is Cc1ccc2nc(C(C)(O)c3c(C)cc(C)c4c3ccn4SI)[nH]c2c1. The van der Waals surface area contributed by atoms with Crippen LogP contribution < -0.4 is 0 Å². The van der Waals surface area contributed by atoms with Gasteiger partial charge in [-0.25, -0.2) is 4.98 Å². The van der Waals surface area contributed by atoms with Crippen LogP contribution in [-0.4, -0.2) is 19.0 Å². The fourth-order valence-corrected chi connectivity index (χ4v) is 5.26. The molecule has 2 aromatic heterocycles. The Bertz CT molecular complexity index is 1140. The molecule has 1 atom stereocenters. The third kappa shape index (κ3) is 2.66. The normalized spacial score (nSPS) is 14.2. The molecule has 0 fully saturated rings. The number of aryl methyl sites for hydroxylation is 3. The van der Waals surface area contributed by atoms with Crippen LogP contribution in [0.2, 0.25) is 0 Å². The van der Waals surface area contributed by atoms with Gasteiger partial charge < -0.3 is 10.1 Å². The fourth-order valence-electron chi connectivity index (χ4n) is 3.86. The number of hydrogen-bond acceptors (Lipinski definition) is 3. The molecule has 2 aromatic carbocycles. The summed E-state index contributed by atoms with van der Waals surface area (Å²) in [5, 5.41) is 12.6. The fraction of sp³-hybridized carbons (Fsp3) is 0.250. The number of fused-ring (bicyclic) bond motifs is 2. The van der Waals surface area contributed by atoms with Gasteiger partial charge in [0.2, 0.25) is 0 Å². The topological polar surface area (TPSA) is 53.8 Å². The molecule has 26 heavy (non-hydrogen) atoms. The van der Waals surface area contributed by atoms with Gasteiger partial charge >= 0.3 is 0 Å². The van der Waals surface area contributed by atoms with Crippen LogP contribution in [0.3, 0.4) is 0 Å². The summed E-state index contributed by atoms with van der Waals surface area (Å²) in [6.07, 6.45) is 2.05. The molecule has 134 valence electrons. The van der Waals surface area contributed by atoms with Gasteiger partial charge in [0.15, 0.2) is 0 Å². The molecule has 1 unspecified atom stereocenters. The van der Waals surface area contributed by atoms with Crippen LogP contribution in [0.25, 0.3) is 21.9 Å². The Morgan fingerprint density at radius 2 is 1.92 bits per heavy atom. The van der Waals surface area contributed by atoms with Gasteiger partial charge in [0.05, 0.1) is 16.6 Å². The Morgan fingerprint density at radius 1 is 1.15 bits per heavy atom. The first kappa shape index (κ1) is 17.9. The highest BCUT2D eigenvalue weighted by molar-refractivity contribution is 14.2. The summed E-state index contributed by atoms with van der Waals surface area (Å²) in [5.41, 5.74) is 6.06. The van der Waals surface area contributed by atoms with E-state index in [1.807, 2.05) is 19.1 Å². The Balaban J connectivity index is 1.99. The van der Waals surface area contributed by atoms with Gasteiger partial charge in [-0.05, 0) is 62.6 Å². The average Bonchev–Trinajstić information content (AvgIpc) is 3.18. The number of nitrogens with zero attached hydrogens (tertiary/aromatic N) is 2. The van der Waals surface area contributed by atoms with E-state index >= 15 is 0 Å². The molecule has 4 rings (SSSR count). The van der Waals surface area contributed by atoms with E-state index in [2.05, 4.69) is 80.3 Å². The van der Waals surface area contributed by atoms with E-state index in [0.29, 0.717) is 5.82 Å². The number of nitrogens with one attached hydrogen (secondary N) is 1. The largest absolute Gasteiger partial charge is 0.377 e. The summed E-state index contributed by atoms with van der Waals surface area (Å²) in [5.74, 6) is 0.571. The predicted octanol–water partition coefficient (Wildman–Crippen LogP) is 5.54. The van der Waals surface area contributed by atoms with Crippen molar-refractivity contribution in [2.75, 3.05) is 0 Å². The second-order valence-electron chi connectivity index (χ2n) is 7.04. The van der Waals surface area contributed by atoms with E-state index in [1.165, 1.54) is 5.56 Å². The monoisotopic (exact) mass is 477 g/mol. The lowest BCUT2D eigenvalue weighted by Crippen LogP contribution is -2.26. The van der Waals surface area contributed by atoms with Gasteiger partial charge in [0, 0.05) is 47.5 Å². The number of imidazole rings is 1. The van der Waals surface area contributed by atoms with Crippen molar-refractivity contribution >= 4 is 52.3 Å². The van der Waals surface area contributed by atoms with Gasteiger partial charge in [-0.1, -0.05) is 12.1 Å². The van der Waals surface area contributed by atoms with Gasteiger partial charge in [-0.3, -0.25) is 3.97 Å². The summed E-state index contributed by atoms with van der Waals surface area (Å²) >= 11 is 2.28. The lowest BCUT2D eigenvalue weighted by atomic mass is 9.87. The Morgan fingerprint density at radius 3 is 2.65 bits per heavy atom. The molecule has 0 aliphatic heterocycles. The first-order chi connectivity index (χ1) is 12.3. The lowest BCUT2D eigenvalue weighted by Gasteiger charge is -2.25. The van der Waals surface area contributed by atoms with Crippen molar-refractivity contribution in [2.45, 2.75) is 33.3 Å². The van der Waals surface area contributed by atoms with Crippen molar-refractivity contribution in [1.82, 2.24) is 13.9 Å². The van der Waals surface area contributed by atoms with Gasteiger partial charge in [-0.15, -0.1) is 0 Å². The standard InChI is InChI=1S/C20H20IN3OS/c1-11-5-6-15-16(9-11)23-19(22-15)20(4,25)17-12(2)10-13(3)18-14(17)7-8-24(18)26-21/h5-10,25H,1-4H3,(H,22,23). The van der Waals surface area contributed by atoms with Gasteiger partial charge in [0.1, 0.15) is 11.4 Å². The quantitative estimate of drug-likeness (QED) is 0.381. The molecular formula is C20H20IN3OS. The third-order valence-corrected chi connectivity index (χ3v) is 6.71. The molecule has 0 aliphatic carbocycles. The van der Waals surface area contributed by atoms with Crippen LogP contribution in [0.4, 0.5) is 0 Å². The first-order valence-electron chi connectivity index (χ1n) is 8.43. The zero-order valence-corrected chi connectivity index (χ0v) is 18.1. The number of H-pyrrole nitrogens is 1. The van der Waals surface area contributed by atoms with Crippen molar-refractivity contribution < 1.29 is 5.11 Å². The Hall–Kier alpha value is -1.51. The van der Waals surface area contributed by atoms with Gasteiger partial charge in [0.25, 0.3) is 0 Å². The van der Waals surface area contributed by atoms with Crippen molar-refractivity contribution in [1.29, 1.82) is 0 Å². The average molecular weight is 477 g/mol. The second-order valence-corrected chi connectivity index (χ2v) is 8.75.